The Bertz CT molecular complexity index is 1090. The van der Waals surface area contributed by atoms with E-state index >= 15 is 0 Å². The SMILES string of the molecule is COc1cccc2c3c([nH]c12)CCN(C(=O)[C@@H]1CCCC[C@@H]1CC(=O)NC1(C#N)CC1)C3. The molecule has 2 amide bonds. The molecule has 1 aromatic carbocycles. The highest BCUT2D eigenvalue weighted by Crippen LogP contribution is 2.38. The maximum absolute atomic E-state index is 13.6. The highest BCUT2D eigenvalue weighted by atomic mass is 16.5. The molecule has 0 saturated heterocycles. The summed E-state index contributed by atoms with van der Waals surface area (Å²) in [6, 6.07) is 8.23. The molecular formula is C25H30N4O3. The van der Waals surface area contributed by atoms with E-state index in [2.05, 4.69) is 22.4 Å². The summed E-state index contributed by atoms with van der Waals surface area (Å²) in [6.07, 6.45) is 6.40. The molecule has 5 rings (SSSR count). The van der Waals surface area contributed by atoms with Crippen LogP contribution in [0.4, 0.5) is 0 Å². The average molecular weight is 435 g/mol. The molecule has 0 unspecified atom stereocenters. The quantitative estimate of drug-likeness (QED) is 0.753. The number of fused-ring (bicyclic) bond motifs is 3. The van der Waals surface area contributed by atoms with Crippen LogP contribution in [0.25, 0.3) is 10.9 Å². The number of aromatic amines is 1. The fraction of sp³-hybridized carbons (Fsp3) is 0.560. The Morgan fingerprint density at radius 3 is 2.88 bits per heavy atom. The third-order valence-electron chi connectivity index (χ3n) is 7.52. The molecule has 2 aromatic rings. The Kier molecular flexibility index (Phi) is 5.32. The Morgan fingerprint density at radius 2 is 2.12 bits per heavy atom. The molecule has 2 N–H and O–H groups in total. The van der Waals surface area contributed by atoms with E-state index in [0.29, 0.717) is 19.5 Å². The van der Waals surface area contributed by atoms with E-state index in [1.165, 1.54) is 11.3 Å². The molecular weight excluding hydrogens is 404 g/mol. The smallest absolute Gasteiger partial charge is 0.226 e. The normalized spacial score (nSPS) is 23.8. The summed E-state index contributed by atoms with van der Waals surface area (Å²) >= 11 is 0. The first-order valence-electron chi connectivity index (χ1n) is 11.7. The number of nitrogens with zero attached hydrogens (tertiary/aromatic N) is 2. The van der Waals surface area contributed by atoms with Crippen LogP contribution in [0.3, 0.4) is 0 Å². The number of aromatic nitrogens is 1. The molecule has 1 aliphatic heterocycles. The second-order valence-electron chi connectivity index (χ2n) is 9.57. The summed E-state index contributed by atoms with van der Waals surface area (Å²) in [5.74, 6) is 0.840. The van der Waals surface area contributed by atoms with E-state index in [1.54, 1.807) is 7.11 Å². The Hall–Kier alpha value is -3.01. The number of hydrogen-bond donors (Lipinski definition) is 2. The monoisotopic (exact) mass is 434 g/mol. The largest absolute Gasteiger partial charge is 0.495 e. The second-order valence-corrected chi connectivity index (χ2v) is 9.57. The molecule has 0 bridgehead atoms. The predicted octanol–water partition coefficient (Wildman–Crippen LogP) is 3.43. The van der Waals surface area contributed by atoms with E-state index in [-0.39, 0.29) is 23.7 Å². The number of benzene rings is 1. The minimum atomic E-state index is -0.648. The maximum Gasteiger partial charge on any atom is 0.226 e. The fourth-order valence-electron chi connectivity index (χ4n) is 5.53. The van der Waals surface area contributed by atoms with Crippen molar-refractivity contribution in [3.8, 4) is 11.8 Å². The first kappa shape index (κ1) is 20.9. The molecule has 0 spiro atoms. The van der Waals surface area contributed by atoms with Gasteiger partial charge in [-0.25, -0.2) is 0 Å². The number of nitriles is 1. The van der Waals surface area contributed by atoms with Crippen molar-refractivity contribution >= 4 is 22.7 Å². The zero-order valence-electron chi connectivity index (χ0n) is 18.6. The van der Waals surface area contributed by atoms with Crippen molar-refractivity contribution in [1.29, 1.82) is 5.26 Å². The summed E-state index contributed by atoms with van der Waals surface area (Å²) in [6.45, 7) is 1.28. The minimum absolute atomic E-state index is 0.0511. The molecule has 1 aromatic heterocycles. The predicted molar refractivity (Wildman–Crippen MR) is 120 cm³/mol. The van der Waals surface area contributed by atoms with Crippen molar-refractivity contribution in [2.24, 2.45) is 11.8 Å². The van der Waals surface area contributed by atoms with Crippen LogP contribution in [-0.2, 0) is 22.6 Å². The summed E-state index contributed by atoms with van der Waals surface area (Å²) in [5, 5.41) is 13.3. The zero-order valence-corrected chi connectivity index (χ0v) is 18.6. The Balaban J connectivity index is 1.31. The topological polar surface area (TPSA) is 98.2 Å². The number of carbonyl (C=O) groups is 2. The van der Waals surface area contributed by atoms with Gasteiger partial charge in [0.15, 0.2) is 0 Å². The number of amides is 2. The second kappa shape index (κ2) is 8.16. The lowest BCUT2D eigenvalue weighted by Crippen LogP contribution is -2.44. The van der Waals surface area contributed by atoms with Crippen molar-refractivity contribution in [1.82, 2.24) is 15.2 Å². The van der Waals surface area contributed by atoms with Gasteiger partial charge in [0.05, 0.1) is 18.7 Å². The van der Waals surface area contributed by atoms with Crippen molar-refractivity contribution in [3.63, 3.8) is 0 Å². The molecule has 7 nitrogen and oxygen atoms in total. The lowest BCUT2D eigenvalue weighted by atomic mass is 9.76. The van der Waals surface area contributed by atoms with Gasteiger partial charge in [0.1, 0.15) is 11.3 Å². The van der Waals surface area contributed by atoms with Crippen LogP contribution in [0.1, 0.15) is 56.2 Å². The third-order valence-corrected chi connectivity index (χ3v) is 7.52. The van der Waals surface area contributed by atoms with Crippen LogP contribution in [-0.4, -0.2) is 40.9 Å². The zero-order chi connectivity index (χ0) is 22.3. The first-order chi connectivity index (χ1) is 15.5. The van der Waals surface area contributed by atoms with E-state index < -0.39 is 5.54 Å². The van der Waals surface area contributed by atoms with Gasteiger partial charge in [0.25, 0.3) is 0 Å². The van der Waals surface area contributed by atoms with E-state index in [4.69, 9.17) is 4.74 Å². The lowest BCUT2D eigenvalue weighted by Gasteiger charge is -2.36. The van der Waals surface area contributed by atoms with Crippen molar-refractivity contribution in [2.75, 3.05) is 13.7 Å². The van der Waals surface area contributed by atoms with Crippen LogP contribution in [0.15, 0.2) is 18.2 Å². The van der Waals surface area contributed by atoms with Gasteiger partial charge in [0, 0.05) is 48.5 Å². The van der Waals surface area contributed by atoms with E-state index in [1.807, 2.05) is 17.0 Å². The summed E-state index contributed by atoms with van der Waals surface area (Å²) < 4.78 is 5.50. The summed E-state index contributed by atoms with van der Waals surface area (Å²) in [7, 11) is 1.67. The third kappa shape index (κ3) is 3.72. The van der Waals surface area contributed by atoms with Gasteiger partial charge in [0.2, 0.25) is 11.8 Å². The van der Waals surface area contributed by atoms with Gasteiger partial charge in [-0.2, -0.15) is 5.26 Å². The molecule has 2 aliphatic carbocycles. The number of nitrogens with one attached hydrogen (secondary N) is 2. The van der Waals surface area contributed by atoms with E-state index in [9.17, 15) is 14.9 Å². The maximum atomic E-state index is 13.6. The first-order valence-corrected chi connectivity index (χ1v) is 11.7. The number of carbonyl (C=O) groups excluding carboxylic acids is 2. The molecule has 32 heavy (non-hydrogen) atoms. The van der Waals surface area contributed by atoms with Gasteiger partial charge >= 0.3 is 0 Å². The standard InChI is InChI=1S/C25H30N4O3/c1-32-21-8-4-7-18-19-14-29(12-9-20(19)27-23(18)21)24(31)17-6-3-2-5-16(17)13-22(30)28-25(15-26)10-11-25/h4,7-8,16-17,27H,2-3,5-6,9-14H2,1H3,(H,28,30)/t16-,17-/m1/s1. The van der Waals surface area contributed by atoms with Gasteiger partial charge in [-0.05, 0) is 37.7 Å². The Labute approximate surface area is 188 Å². The van der Waals surface area contributed by atoms with Crippen molar-refractivity contribution in [2.45, 2.75) is 63.5 Å². The van der Waals surface area contributed by atoms with Gasteiger partial charge in [-0.15, -0.1) is 0 Å². The molecule has 2 fully saturated rings. The number of para-hydroxylation sites is 1. The number of hydrogen-bond acceptors (Lipinski definition) is 4. The van der Waals surface area contributed by atoms with Gasteiger partial charge in [-0.1, -0.05) is 25.0 Å². The van der Waals surface area contributed by atoms with Crippen LogP contribution in [0.2, 0.25) is 0 Å². The molecule has 168 valence electrons. The Morgan fingerprint density at radius 1 is 1.31 bits per heavy atom. The van der Waals surface area contributed by atoms with Crippen LogP contribution < -0.4 is 10.1 Å². The molecule has 2 heterocycles. The minimum Gasteiger partial charge on any atom is -0.495 e. The van der Waals surface area contributed by atoms with Crippen molar-refractivity contribution in [3.05, 3.63) is 29.5 Å². The average Bonchev–Trinajstić information content (AvgIpc) is 3.48. The molecule has 2 saturated carbocycles. The van der Waals surface area contributed by atoms with Gasteiger partial charge < -0.3 is 19.9 Å². The fourth-order valence-corrected chi connectivity index (χ4v) is 5.53. The number of methoxy groups -OCH3 is 1. The highest BCUT2D eigenvalue weighted by Gasteiger charge is 2.45. The molecule has 2 atom stereocenters. The lowest BCUT2D eigenvalue weighted by molar-refractivity contribution is -0.140. The van der Waals surface area contributed by atoms with Crippen LogP contribution in [0.5, 0.6) is 5.75 Å². The molecule has 0 radical (unpaired) electrons. The number of ether oxygens (including phenoxy) is 1. The van der Waals surface area contributed by atoms with E-state index in [0.717, 1.165) is 61.6 Å². The number of rotatable bonds is 5. The highest BCUT2D eigenvalue weighted by molar-refractivity contribution is 5.90. The van der Waals surface area contributed by atoms with Crippen molar-refractivity contribution < 1.29 is 14.3 Å². The molecule has 7 heteroatoms. The summed E-state index contributed by atoms with van der Waals surface area (Å²) in [5.41, 5.74) is 2.70. The van der Waals surface area contributed by atoms with Gasteiger partial charge in [-0.3, -0.25) is 9.59 Å². The van der Waals surface area contributed by atoms with Crippen LogP contribution in [0, 0.1) is 23.2 Å². The number of H-pyrrole nitrogens is 1. The molecule has 3 aliphatic rings. The summed E-state index contributed by atoms with van der Waals surface area (Å²) in [4.78, 5) is 31.7. The van der Waals surface area contributed by atoms with Crippen LogP contribution >= 0.6 is 0 Å².